The first-order valence-corrected chi connectivity index (χ1v) is 5.64. The molecule has 0 atom stereocenters. The summed E-state index contributed by atoms with van der Waals surface area (Å²) < 4.78 is 26.1. The number of hydrogen-bond acceptors (Lipinski definition) is 2. The lowest BCUT2D eigenvalue weighted by atomic mass is 9.82. The molecule has 1 aliphatic carbocycles. The van der Waals surface area contributed by atoms with Crippen molar-refractivity contribution in [2.75, 3.05) is 0 Å². The van der Waals surface area contributed by atoms with Gasteiger partial charge >= 0.3 is 5.97 Å². The zero-order valence-corrected chi connectivity index (χ0v) is 9.27. The Bertz CT molecular complexity index is 411. The molecule has 0 radical (unpaired) electrons. The molecule has 0 saturated heterocycles. The molecule has 4 nitrogen and oxygen atoms in total. The van der Waals surface area contributed by atoms with Crippen LogP contribution in [0.1, 0.15) is 44.2 Å². The van der Waals surface area contributed by atoms with E-state index in [-0.39, 0.29) is 5.69 Å². The Morgan fingerprint density at radius 2 is 2.06 bits per heavy atom. The molecule has 1 heterocycles. The molecule has 17 heavy (non-hydrogen) atoms. The van der Waals surface area contributed by atoms with Gasteiger partial charge in [0.15, 0.2) is 5.54 Å². The van der Waals surface area contributed by atoms with Gasteiger partial charge in [0.05, 0.1) is 0 Å². The Hall–Kier alpha value is -1.46. The number of carboxylic acid groups (broad SMARTS) is 1. The molecule has 0 amide bonds. The van der Waals surface area contributed by atoms with Crippen molar-refractivity contribution < 1.29 is 18.7 Å². The van der Waals surface area contributed by atoms with Gasteiger partial charge in [0, 0.05) is 6.20 Å². The van der Waals surface area contributed by atoms with Crippen LogP contribution in [0.2, 0.25) is 0 Å². The summed E-state index contributed by atoms with van der Waals surface area (Å²) in [5.41, 5.74) is -1.50. The van der Waals surface area contributed by atoms with Crippen LogP contribution in [-0.2, 0) is 10.3 Å². The third-order valence-electron chi connectivity index (χ3n) is 3.35. The molecular weight excluding hydrogens is 230 g/mol. The lowest BCUT2D eigenvalue weighted by Crippen LogP contribution is -2.44. The van der Waals surface area contributed by atoms with Crippen LogP contribution in [0.15, 0.2) is 12.3 Å². The van der Waals surface area contributed by atoms with Crippen molar-refractivity contribution in [3.63, 3.8) is 0 Å². The fourth-order valence-corrected chi connectivity index (χ4v) is 2.37. The molecule has 1 aromatic rings. The van der Waals surface area contributed by atoms with Crippen molar-refractivity contribution in [2.45, 2.75) is 44.1 Å². The second-order valence-corrected chi connectivity index (χ2v) is 4.38. The van der Waals surface area contributed by atoms with E-state index in [0.717, 1.165) is 19.3 Å². The summed E-state index contributed by atoms with van der Waals surface area (Å²) in [5.74, 6) is -0.985. The first kappa shape index (κ1) is 12.0. The third kappa shape index (κ3) is 2.03. The first-order chi connectivity index (χ1) is 8.06. The molecule has 0 aliphatic heterocycles. The number of carbonyl (C=O) groups is 1. The van der Waals surface area contributed by atoms with Crippen LogP contribution in [0.25, 0.3) is 0 Å². The monoisotopic (exact) mass is 244 g/mol. The van der Waals surface area contributed by atoms with Crippen molar-refractivity contribution in [1.29, 1.82) is 0 Å². The van der Waals surface area contributed by atoms with E-state index < -0.39 is 17.9 Å². The van der Waals surface area contributed by atoms with Gasteiger partial charge in [-0.3, -0.25) is 4.68 Å². The van der Waals surface area contributed by atoms with Crippen molar-refractivity contribution in [2.24, 2.45) is 0 Å². The zero-order chi connectivity index (χ0) is 12.5. The second kappa shape index (κ2) is 4.43. The number of alkyl halides is 2. The zero-order valence-electron chi connectivity index (χ0n) is 9.27. The quantitative estimate of drug-likeness (QED) is 0.889. The van der Waals surface area contributed by atoms with Gasteiger partial charge in [-0.1, -0.05) is 19.3 Å². The number of hydrogen-bond donors (Lipinski definition) is 1. The Labute approximate surface area is 97.2 Å². The number of halogens is 2. The van der Waals surface area contributed by atoms with E-state index >= 15 is 0 Å². The molecular formula is C11H14F2N2O2. The highest BCUT2D eigenvalue weighted by Crippen LogP contribution is 2.35. The van der Waals surface area contributed by atoms with Gasteiger partial charge in [0.2, 0.25) is 0 Å². The first-order valence-electron chi connectivity index (χ1n) is 5.64. The fourth-order valence-electron chi connectivity index (χ4n) is 2.37. The summed E-state index contributed by atoms with van der Waals surface area (Å²) in [6, 6.07) is 1.18. The van der Waals surface area contributed by atoms with Crippen LogP contribution < -0.4 is 0 Å². The van der Waals surface area contributed by atoms with E-state index in [4.69, 9.17) is 0 Å². The summed E-state index contributed by atoms with van der Waals surface area (Å²) in [6.45, 7) is 0. The molecule has 94 valence electrons. The smallest absolute Gasteiger partial charge is 0.331 e. The van der Waals surface area contributed by atoms with Crippen molar-refractivity contribution in [3.05, 3.63) is 18.0 Å². The minimum atomic E-state index is -2.66. The summed E-state index contributed by atoms with van der Waals surface area (Å²) in [5, 5.41) is 13.1. The average molecular weight is 244 g/mol. The molecule has 0 spiro atoms. The second-order valence-electron chi connectivity index (χ2n) is 4.38. The molecule has 0 aromatic carbocycles. The Morgan fingerprint density at radius 1 is 1.41 bits per heavy atom. The van der Waals surface area contributed by atoms with Crippen LogP contribution in [-0.4, -0.2) is 20.9 Å². The number of aliphatic carboxylic acids is 1. The topological polar surface area (TPSA) is 55.1 Å². The molecule has 0 bridgehead atoms. The molecule has 1 aliphatic rings. The fraction of sp³-hybridized carbons (Fsp3) is 0.636. The predicted molar refractivity (Wildman–Crippen MR) is 55.9 cm³/mol. The largest absolute Gasteiger partial charge is 0.479 e. The Balaban J connectivity index is 2.35. The van der Waals surface area contributed by atoms with Gasteiger partial charge in [-0.25, -0.2) is 13.6 Å². The lowest BCUT2D eigenvalue weighted by Gasteiger charge is -2.33. The molecule has 1 fully saturated rings. The SMILES string of the molecule is O=C(O)C1(n2ccc(C(F)F)n2)CCCCC1. The van der Waals surface area contributed by atoms with Gasteiger partial charge in [-0.2, -0.15) is 5.10 Å². The van der Waals surface area contributed by atoms with Crippen LogP contribution in [0.5, 0.6) is 0 Å². The summed E-state index contributed by atoms with van der Waals surface area (Å²) >= 11 is 0. The average Bonchev–Trinajstić information content (AvgIpc) is 2.79. The minimum Gasteiger partial charge on any atom is -0.479 e. The summed E-state index contributed by atoms with van der Waals surface area (Å²) in [7, 11) is 0. The normalized spacial score (nSPS) is 19.5. The molecule has 1 N–H and O–H groups in total. The van der Waals surface area contributed by atoms with E-state index in [1.807, 2.05) is 0 Å². The summed E-state index contributed by atoms with van der Waals surface area (Å²) in [4.78, 5) is 11.4. The highest BCUT2D eigenvalue weighted by Gasteiger charge is 2.42. The summed E-state index contributed by atoms with van der Waals surface area (Å²) in [6.07, 6.45) is 2.15. The van der Waals surface area contributed by atoms with Gasteiger partial charge in [0.25, 0.3) is 6.43 Å². The maximum absolute atomic E-state index is 12.5. The number of nitrogens with zero attached hydrogens (tertiary/aromatic N) is 2. The van der Waals surface area contributed by atoms with E-state index in [0.29, 0.717) is 12.8 Å². The van der Waals surface area contributed by atoms with Crippen LogP contribution >= 0.6 is 0 Å². The highest BCUT2D eigenvalue weighted by molar-refractivity contribution is 5.76. The van der Waals surface area contributed by atoms with E-state index in [9.17, 15) is 18.7 Å². The number of aromatic nitrogens is 2. The van der Waals surface area contributed by atoms with Gasteiger partial charge < -0.3 is 5.11 Å². The lowest BCUT2D eigenvalue weighted by molar-refractivity contribution is -0.150. The minimum absolute atomic E-state index is 0.365. The maximum atomic E-state index is 12.5. The van der Waals surface area contributed by atoms with Crippen LogP contribution in [0.4, 0.5) is 8.78 Å². The van der Waals surface area contributed by atoms with E-state index in [2.05, 4.69) is 5.10 Å². The highest BCUT2D eigenvalue weighted by atomic mass is 19.3. The molecule has 1 saturated carbocycles. The van der Waals surface area contributed by atoms with Crippen molar-refractivity contribution in [1.82, 2.24) is 9.78 Å². The Kier molecular flexibility index (Phi) is 3.13. The van der Waals surface area contributed by atoms with Crippen molar-refractivity contribution in [3.8, 4) is 0 Å². The molecule has 6 heteroatoms. The molecule has 2 rings (SSSR count). The van der Waals surface area contributed by atoms with Crippen LogP contribution in [0.3, 0.4) is 0 Å². The standard InChI is InChI=1S/C11H14F2N2O2/c12-9(13)8-4-7-15(14-8)11(10(16)17)5-2-1-3-6-11/h4,7,9H,1-3,5-6H2,(H,16,17). The predicted octanol–water partition coefficient (Wildman–Crippen LogP) is 2.56. The van der Waals surface area contributed by atoms with E-state index in [1.54, 1.807) is 0 Å². The van der Waals surface area contributed by atoms with Gasteiger partial charge in [0.1, 0.15) is 5.69 Å². The molecule has 0 unspecified atom stereocenters. The number of carboxylic acids is 1. The Morgan fingerprint density at radius 3 is 2.53 bits per heavy atom. The van der Waals surface area contributed by atoms with E-state index in [1.165, 1.54) is 16.9 Å². The van der Waals surface area contributed by atoms with Crippen molar-refractivity contribution >= 4 is 5.97 Å². The van der Waals surface area contributed by atoms with Crippen LogP contribution in [0, 0.1) is 0 Å². The maximum Gasteiger partial charge on any atom is 0.331 e. The molecule has 1 aromatic heterocycles. The third-order valence-corrected chi connectivity index (χ3v) is 3.35. The van der Waals surface area contributed by atoms with Gasteiger partial charge in [-0.15, -0.1) is 0 Å². The van der Waals surface area contributed by atoms with Gasteiger partial charge in [-0.05, 0) is 18.9 Å². The number of rotatable bonds is 3.